The molecule has 0 bridgehead atoms. The molecule has 0 saturated heterocycles. The third-order valence-electron chi connectivity index (χ3n) is 2.61. The molecular weight excluding hydrogens is 216 g/mol. The lowest BCUT2D eigenvalue weighted by molar-refractivity contribution is 0.145. The number of hydrogen-bond acceptors (Lipinski definition) is 3. The van der Waals surface area contributed by atoms with Gasteiger partial charge in [0.15, 0.2) is 0 Å². The predicted octanol–water partition coefficient (Wildman–Crippen LogP) is 2.73. The maximum absolute atomic E-state index is 9.24. The van der Waals surface area contributed by atoms with E-state index >= 15 is 0 Å². The molecule has 0 fully saturated rings. The van der Waals surface area contributed by atoms with E-state index in [9.17, 15) is 5.11 Å². The molecular formula is C14H22O3. The van der Waals surface area contributed by atoms with Gasteiger partial charge in [0.1, 0.15) is 11.5 Å². The second-order valence-electron chi connectivity index (χ2n) is 4.66. The van der Waals surface area contributed by atoms with Gasteiger partial charge in [-0.15, -0.1) is 0 Å². The highest BCUT2D eigenvalue weighted by Gasteiger charge is 2.10. The summed E-state index contributed by atoms with van der Waals surface area (Å²) in [7, 11) is 1.64. The molecule has 3 heteroatoms. The van der Waals surface area contributed by atoms with Crippen LogP contribution >= 0.6 is 0 Å². The van der Waals surface area contributed by atoms with Gasteiger partial charge < -0.3 is 14.6 Å². The Bertz CT molecular complexity index is 306. The van der Waals surface area contributed by atoms with Crippen LogP contribution in [-0.2, 0) is 0 Å². The minimum absolute atomic E-state index is 0.175. The van der Waals surface area contributed by atoms with Crippen LogP contribution in [0.25, 0.3) is 0 Å². The van der Waals surface area contributed by atoms with E-state index in [1.165, 1.54) is 0 Å². The first-order chi connectivity index (χ1) is 8.15. The van der Waals surface area contributed by atoms with Crippen LogP contribution in [0.1, 0.15) is 20.3 Å². The maximum Gasteiger partial charge on any atom is 0.119 e. The van der Waals surface area contributed by atoms with Crippen molar-refractivity contribution in [3.8, 4) is 11.5 Å². The van der Waals surface area contributed by atoms with Gasteiger partial charge >= 0.3 is 0 Å². The molecule has 1 rings (SSSR count). The average molecular weight is 238 g/mol. The molecule has 0 saturated carbocycles. The molecule has 1 N–H and O–H groups in total. The fourth-order valence-electron chi connectivity index (χ4n) is 1.75. The molecule has 96 valence electrons. The molecule has 3 nitrogen and oxygen atoms in total. The molecule has 1 unspecified atom stereocenters. The van der Waals surface area contributed by atoms with Crippen molar-refractivity contribution >= 4 is 0 Å². The summed E-state index contributed by atoms with van der Waals surface area (Å²) in [6.07, 6.45) is 0.979. The standard InChI is InChI=1S/C14H22O3/c1-11(2)8-12(9-15)10-17-14-6-4-13(16-3)5-7-14/h4-7,11-12,15H,8-10H2,1-3H3. The van der Waals surface area contributed by atoms with Crippen molar-refractivity contribution in [2.45, 2.75) is 20.3 Å². The zero-order chi connectivity index (χ0) is 12.7. The van der Waals surface area contributed by atoms with Crippen LogP contribution in [-0.4, -0.2) is 25.4 Å². The number of benzene rings is 1. The Balaban J connectivity index is 2.42. The zero-order valence-corrected chi connectivity index (χ0v) is 10.8. The van der Waals surface area contributed by atoms with Crippen LogP contribution in [0.5, 0.6) is 11.5 Å². The first-order valence-corrected chi connectivity index (χ1v) is 6.03. The highest BCUT2D eigenvalue weighted by atomic mass is 16.5. The summed E-state index contributed by atoms with van der Waals surface area (Å²) < 4.78 is 10.7. The quantitative estimate of drug-likeness (QED) is 0.793. The number of aliphatic hydroxyl groups excluding tert-OH is 1. The third-order valence-corrected chi connectivity index (χ3v) is 2.61. The van der Waals surface area contributed by atoms with E-state index in [2.05, 4.69) is 13.8 Å². The maximum atomic E-state index is 9.24. The van der Waals surface area contributed by atoms with Crippen LogP contribution in [0, 0.1) is 11.8 Å². The summed E-state index contributed by atoms with van der Waals surface area (Å²) in [5, 5.41) is 9.24. The Morgan fingerprint density at radius 3 is 2.18 bits per heavy atom. The van der Waals surface area contributed by atoms with Gasteiger partial charge in [0, 0.05) is 12.5 Å². The van der Waals surface area contributed by atoms with Gasteiger partial charge in [-0.2, -0.15) is 0 Å². The Morgan fingerprint density at radius 1 is 1.12 bits per heavy atom. The van der Waals surface area contributed by atoms with Crippen molar-refractivity contribution in [1.29, 1.82) is 0 Å². The molecule has 0 aromatic heterocycles. The van der Waals surface area contributed by atoms with E-state index in [4.69, 9.17) is 9.47 Å². The highest BCUT2D eigenvalue weighted by Crippen LogP contribution is 2.19. The van der Waals surface area contributed by atoms with Crippen LogP contribution in [0.2, 0.25) is 0 Å². The summed E-state index contributed by atoms with van der Waals surface area (Å²) in [5.74, 6) is 2.41. The molecule has 1 aromatic rings. The first kappa shape index (κ1) is 13.8. The fraction of sp³-hybridized carbons (Fsp3) is 0.571. The normalized spacial score (nSPS) is 12.5. The lowest BCUT2D eigenvalue weighted by atomic mass is 9.99. The van der Waals surface area contributed by atoms with Gasteiger partial charge in [-0.25, -0.2) is 0 Å². The molecule has 0 spiro atoms. The average Bonchev–Trinajstić information content (AvgIpc) is 2.34. The summed E-state index contributed by atoms with van der Waals surface area (Å²) in [5.41, 5.74) is 0. The smallest absolute Gasteiger partial charge is 0.119 e. The van der Waals surface area contributed by atoms with Crippen molar-refractivity contribution < 1.29 is 14.6 Å². The zero-order valence-electron chi connectivity index (χ0n) is 10.8. The molecule has 0 aliphatic heterocycles. The first-order valence-electron chi connectivity index (χ1n) is 6.03. The molecule has 0 aliphatic carbocycles. The fourth-order valence-corrected chi connectivity index (χ4v) is 1.75. The summed E-state index contributed by atoms with van der Waals surface area (Å²) in [6.45, 7) is 5.03. The Morgan fingerprint density at radius 2 is 1.71 bits per heavy atom. The Hall–Kier alpha value is -1.22. The minimum atomic E-state index is 0.175. The highest BCUT2D eigenvalue weighted by molar-refractivity contribution is 5.31. The van der Waals surface area contributed by atoms with Crippen LogP contribution in [0.4, 0.5) is 0 Å². The summed E-state index contributed by atoms with van der Waals surface area (Å²) >= 11 is 0. The van der Waals surface area contributed by atoms with E-state index < -0.39 is 0 Å². The van der Waals surface area contributed by atoms with Gasteiger partial charge in [-0.05, 0) is 36.6 Å². The Labute approximate surface area is 103 Å². The van der Waals surface area contributed by atoms with E-state index in [-0.39, 0.29) is 12.5 Å². The van der Waals surface area contributed by atoms with Crippen LogP contribution in [0.15, 0.2) is 24.3 Å². The Kier molecular flexibility index (Phi) is 5.84. The molecule has 0 amide bonds. The number of ether oxygens (including phenoxy) is 2. The van der Waals surface area contributed by atoms with Crippen molar-refractivity contribution in [3.05, 3.63) is 24.3 Å². The van der Waals surface area contributed by atoms with Crippen molar-refractivity contribution in [1.82, 2.24) is 0 Å². The summed E-state index contributed by atoms with van der Waals surface area (Å²) in [6, 6.07) is 7.49. The van der Waals surface area contributed by atoms with Crippen molar-refractivity contribution in [3.63, 3.8) is 0 Å². The number of hydrogen-bond donors (Lipinski definition) is 1. The molecule has 1 atom stereocenters. The van der Waals surface area contributed by atoms with E-state index in [0.717, 1.165) is 17.9 Å². The molecule has 0 heterocycles. The van der Waals surface area contributed by atoms with Crippen molar-refractivity contribution in [2.24, 2.45) is 11.8 Å². The largest absolute Gasteiger partial charge is 0.497 e. The van der Waals surface area contributed by atoms with E-state index in [1.807, 2.05) is 24.3 Å². The topological polar surface area (TPSA) is 38.7 Å². The molecule has 0 aliphatic rings. The van der Waals surface area contributed by atoms with Gasteiger partial charge in [0.2, 0.25) is 0 Å². The number of methoxy groups -OCH3 is 1. The third kappa shape index (κ3) is 5.09. The lowest BCUT2D eigenvalue weighted by Gasteiger charge is -2.17. The SMILES string of the molecule is COc1ccc(OCC(CO)CC(C)C)cc1. The second kappa shape index (κ2) is 7.17. The number of rotatable bonds is 7. The van der Waals surface area contributed by atoms with Gasteiger partial charge in [-0.3, -0.25) is 0 Å². The minimum Gasteiger partial charge on any atom is -0.497 e. The van der Waals surface area contributed by atoms with Crippen LogP contribution < -0.4 is 9.47 Å². The second-order valence-corrected chi connectivity index (χ2v) is 4.66. The van der Waals surface area contributed by atoms with Gasteiger partial charge in [0.05, 0.1) is 13.7 Å². The number of aliphatic hydroxyl groups is 1. The monoisotopic (exact) mass is 238 g/mol. The van der Waals surface area contributed by atoms with Gasteiger partial charge in [-0.1, -0.05) is 13.8 Å². The van der Waals surface area contributed by atoms with Gasteiger partial charge in [0.25, 0.3) is 0 Å². The summed E-state index contributed by atoms with van der Waals surface area (Å²) in [4.78, 5) is 0. The lowest BCUT2D eigenvalue weighted by Crippen LogP contribution is -2.18. The molecule has 0 radical (unpaired) electrons. The van der Waals surface area contributed by atoms with Crippen molar-refractivity contribution in [2.75, 3.05) is 20.3 Å². The predicted molar refractivity (Wildman–Crippen MR) is 68.5 cm³/mol. The molecule has 1 aromatic carbocycles. The van der Waals surface area contributed by atoms with Crippen LogP contribution in [0.3, 0.4) is 0 Å². The van der Waals surface area contributed by atoms with E-state index in [0.29, 0.717) is 12.5 Å². The van der Waals surface area contributed by atoms with E-state index in [1.54, 1.807) is 7.11 Å². The molecule has 17 heavy (non-hydrogen) atoms.